The highest BCUT2D eigenvalue weighted by molar-refractivity contribution is 9.11. The van der Waals surface area contributed by atoms with E-state index in [4.69, 9.17) is 14.2 Å². The fourth-order valence-electron chi connectivity index (χ4n) is 8.66. The number of amides is 3. The molecule has 0 radical (unpaired) electrons. The minimum absolute atomic E-state index is 0.0332. The molecule has 2 saturated heterocycles. The SMILES string of the molecule is COC[C@@H]1NC(=O)CC/C=C\CN(C(C)(C)CC(C)(C)C)C(=O)[C@H]2N(CCCCCO)C(=O)[C@@H]3[C@@H](C(=O)O[C@H]1c1ccccc1)[C@@H]1O[C@@]32C=C1Br. The van der Waals surface area contributed by atoms with Gasteiger partial charge in [-0.1, -0.05) is 79.2 Å². The first-order valence-corrected chi connectivity index (χ1v) is 18.9. The molecule has 12 heteroatoms. The van der Waals surface area contributed by atoms with Gasteiger partial charge in [-0.2, -0.15) is 0 Å². The summed E-state index contributed by atoms with van der Waals surface area (Å²) in [7, 11) is 1.52. The summed E-state index contributed by atoms with van der Waals surface area (Å²) < 4.78 is 19.2. The number of nitrogens with one attached hydrogen (secondary N) is 1. The molecule has 11 nitrogen and oxygen atoms in total. The van der Waals surface area contributed by atoms with E-state index >= 15 is 4.79 Å². The number of cyclic esters (lactones) is 1. The van der Waals surface area contributed by atoms with Crippen molar-refractivity contribution in [2.45, 2.75) is 109 Å². The van der Waals surface area contributed by atoms with Gasteiger partial charge in [-0.15, -0.1) is 0 Å². The number of methoxy groups -OCH3 is 1. The fourth-order valence-corrected chi connectivity index (χ4v) is 9.39. The van der Waals surface area contributed by atoms with Gasteiger partial charge in [0.15, 0.2) is 0 Å². The van der Waals surface area contributed by atoms with Crippen LogP contribution in [0.25, 0.3) is 0 Å². The Balaban J connectivity index is 1.64. The monoisotopic (exact) mass is 771 g/mol. The van der Waals surface area contributed by atoms with Crippen molar-refractivity contribution in [2.75, 3.05) is 33.4 Å². The number of hydrogen-bond acceptors (Lipinski definition) is 8. The van der Waals surface area contributed by atoms with Crippen molar-refractivity contribution in [3.05, 3.63) is 58.6 Å². The first-order chi connectivity index (χ1) is 24.1. The molecule has 7 atom stereocenters. The van der Waals surface area contributed by atoms with Gasteiger partial charge in [0, 0.05) is 43.2 Å². The first kappa shape index (κ1) is 39.2. The normalized spacial score (nSPS) is 31.0. The van der Waals surface area contributed by atoms with E-state index in [0.717, 1.165) is 0 Å². The smallest absolute Gasteiger partial charge is 0.313 e. The van der Waals surface area contributed by atoms with E-state index in [0.29, 0.717) is 42.1 Å². The summed E-state index contributed by atoms with van der Waals surface area (Å²) in [6.45, 7) is 11.1. The number of benzene rings is 1. The Bertz CT molecular complexity index is 1510. The maximum absolute atomic E-state index is 15.2. The molecule has 0 saturated carbocycles. The van der Waals surface area contributed by atoms with Gasteiger partial charge in [0.05, 0.1) is 18.6 Å². The Labute approximate surface area is 310 Å². The number of unbranched alkanes of at least 4 members (excludes halogenated alkanes) is 2. The fraction of sp³-hybridized carbons (Fsp3) is 0.641. The molecule has 0 aromatic heterocycles. The summed E-state index contributed by atoms with van der Waals surface area (Å²) in [4.78, 5) is 61.2. The highest BCUT2D eigenvalue weighted by Gasteiger charge is 2.75. The van der Waals surface area contributed by atoms with Crippen molar-refractivity contribution in [1.29, 1.82) is 0 Å². The highest BCUT2D eigenvalue weighted by atomic mass is 79.9. The molecule has 1 aromatic carbocycles. The van der Waals surface area contributed by atoms with E-state index in [1.54, 1.807) is 4.90 Å². The quantitative estimate of drug-likeness (QED) is 0.196. The van der Waals surface area contributed by atoms with Gasteiger partial charge in [0.25, 0.3) is 0 Å². The number of esters is 1. The van der Waals surface area contributed by atoms with Gasteiger partial charge in [-0.3, -0.25) is 19.2 Å². The van der Waals surface area contributed by atoms with Crippen LogP contribution in [0, 0.1) is 17.3 Å². The molecule has 4 heterocycles. The van der Waals surface area contributed by atoms with E-state index in [9.17, 15) is 19.5 Å². The maximum Gasteiger partial charge on any atom is 0.313 e. The van der Waals surface area contributed by atoms with Crippen LogP contribution in [0.3, 0.4) is 0 Å². The second-order valence-electron chi connectivity index (χ2n) is 16.0. The lowest BCUT2D eigenvalue weighted by Crippen LogP contribution is -2.60. The minimum atomic E-state index is -1.41. The summed E-state index contributed by atoms with van der Waals surface area (Å²) in [5.41, 5.74) is -1.50. The maximum atomic E-state index is 15.2. The van der Waals surface area contributed by atoms with Gasteiger partial charge in [0.1, 0.15) is 29.8 Å². The lowest BCUT2D eigenvalue weighted by atomic mass is 9.74. The molecule has 51 heavy (non-hydrogen) atoms. The van der Waals surface area contributed by atoms with Gasteiger partial charge in [-0.25, -0.2) is 0 Å². The largest absolute Gasteiger partial charge is 0.455 e. The lowest BCUT2D eigenvalue weighted by Gasteiger charge is -2.45. The summed E-state index contributed by atoms with van der Waals surface area (Å²) in [6, 6.07) is 7.41. The van der Waals surface area contributed by atoms with Crippen LogP contribution >= 0.6 is 15.9 Å². The Morgan fingerprint density at radius 1 is 1.00 bits per heavy atom. The Hall–Kier alpha value is -3.06. The average molecular weight is 773 g/mol. The zero-order valence-corrected chi connectivity index (χ0v) is 32.3. The van der Waals surface area contributed by atoms with Crippen molar-refractivity contribution in [3.8, 4) is 0 Å². The summed E-state index contributed by atoms with van der Waals surface area (Å²) >= 11 is 3.65. The van der Waals surface area contributed by atoms with E-state index in [1.165, 1.54) is 7.11 Å². The predicted octanol–water partition coefficient (Wildman–Crippen LogP) is 4.83. The number of aliphatic hydroxyl groups is 1. The van der Waals surface area contributed by atoms with Crippen LogP contribution in [0.4, 0.5) is 0 Å². The molecule has 5 bridgehead atoms. The topological polar surface area (TPSA) is 135 Å². The molecule has 280 valence electrons. The van der Waals surface area contributed by atoms with E-state index < -0.39 is 53.2 Å². The van der Waals surface area contributed by atoms with Gasteiger partial charge >= 0.3 is 5.97 Å². The third-order valence-electron chi connectivity index (χ3n) is 10.4. The molecule has 5 rings (SSSR count). The van der Waals surface area contributed by atoms with Crippen LogP contribution in [-0.2, 0) is 33.4 Å². The number of halogens is 1. The number of carbonyl (C=O) groups is 4. The van der Waals surface area contributed by atoms with Crippen LogP contribution in [0.15, 0.2) is 53.0 Å². The summed E-state index contributed by atoms with van der Waals surface area (Å²) in [6.07, 6.45) is 6.98. The predicted molar refractivity (Wildman–Crippen MR) is 195 cm³/mol. The number of aliphatic hydroxyl groups excluding tert-OH is 1. The Morgan fingerprint density at radius 2 is 1.73 bits per heavy atom. The third-order valence-corrected chi connectivity index (χ3v) is 11.1. The zero-order valence-electron chi connectivity index (χ0n) is 30.7. The molecule has 4 aliphatic rings. The van der Waals surface area contributed by atoms with E-state index in [1.807, 2.05) is 67.3 Å². The third kappa shape index (κ3) is 8.14. The molecule has 1 aromatic rings. The van der Waals surface area contributed by atoms with Crippen LogP contribution in [-0.4, -0.2) is 101 Å². The first-order valence-electron chi connectivity index (χ1n) is 18.1. The number of fused-ring (bicyclic) bond motifs is 2. The van der Waals surface area contributed by atoms with Gasteiger partial charge in [0.2, 0.25) is 17.7 Å². The number of hydrogen-bond donors (Lipinski definition) is 2. The lowest BCUT2D eigenvalue weighted by molar-refractivity contribution is -0.162. The van der Waals surface area contributed by atoms with Crippen molar-refractivity contribution < 1.29 is 38.5 Å². The zero-order chi connectivity index (χ0) is 37.1. The molecule has 1 spiro atoms. The van der Waals surface area contributed by atoms with Crippen LogP contribution in [0.2, 0.25) is 0 Å². The van der Waals surface area contributed by atoms with Gasteiger partial charge < -0.3 is 34.4 Å². The van der Waals surface area contributed by atoms with Gasteiger partial charge in [-0.05, 0) is 63.0 Å². The molecule has 2 fully saturated rings. The molecule has 2 N–H and O–H groups in total. The van der Waals surface area contributed by atoms with E-state index in [2.05, 4.69) is 42.0 Å². The number of ether oxygens (including phenoxy) is 3. The van der Waals surface area contributed by atoms with Crippen LogP contribution < -0.4 is 5.32 Å². The highest BCUT2D eigenvalue weighted by Crippen LogP contribution is 2.59. The minimum Gasteiger partial charge on any atom is -0.455 e. The molecule has 4 aliphatic heterocycles. The number of allylic oxidation sites excluding steroid dienone is 1. The molecular formula is C39H54BrN3O8. The van der Waals surface area contributed by atoms with Crippen molar-refractivity contribution >= 4 is 39.6 Å². The number of likely N-dealkylation sites (tertiary alicyclic amines) is 1. The van der Waals surface area contributed by atoms with Crippen molar-refractivity contribution in [1.82, 2.24) is 15.1 Å². The molecule has 0 aliphatic carbocycles. The molecular weight excluding hydrogens is 718 g/mol. The summed E-state index contributed by atoms with van der Waals surface area (Å²) in [5, 5.41) is 12.5. The second-order valence-corrected chi connectivity index (χ2v) is 17.0. The number of rotatable bonds is 10. The number of carbonyl (C=O) groups excluding carboxylic acids is 4. The van der Waals surface area contributed by atoms with Crippen molar-refractivity contribution in [3.63, 3.8) is 0 Å². The number of nitrogens with zero attached hydrogens (tertiary/aromatic N) is 2. The second kappa shape index (κ2) is 15.9. The standard InChI is InChI=1S/C39H54BrN3O8/c1-37(2,3)24-38(4,5)43-20-14-8-12-18-28(45)41-27(23-49-6)31(25-16-10-7-11-17-25)50-36(48)29-30-34(46)42(19-13-9-15-21-44)33(35(43)47)39(30)22-26(40)32(29)51-39/h7-8,10-11,14,16-17,22,27,29-33,44H,9,12-13,15,18-21,23-24H2,1-6H3,(H,41,45)/b14-8-/t27-,29+,30-,31-,32+,33+,39-/m0/s1. The Morgan fingerprint density at radius 3 is 2.39 bits per heavy atom. The van der Waals surface area contributed by atoms with Crippen LogP contribution in [0.1, 0.15) is 84.8 Å². The Kier molecular flexibility index (Phi) is 12.2. The molecule has 0 unspecified atom stereocenters. The summed E-state index contributed by atoms with van der Waals surface area (Å²) in [5.74, 6) is -3.54. The van der Waals surface area contributed by atoms with Crippen molar-refractivity contribution in [2.24, 2.45) is 17.3 Å². The van der Waals surface area contributed by atoms with E-state index in [-0.39, 0.29) is 55.9 Å². The average Bonchev–Trinajstić information content (AvgIpc) is 3.65. The van der Waals surface area contributed by atoms with Crippen LogP contribution in [0.5, 0.6) is 0 Å². The molecule has 3 amide bonds.